The maximum Gasteiger partial charge on any atom is 0.0717 e. The second-order valence-electron chi connectivity index (χ2n) is 6.49. The van der Waals surface area contributed by atoms with Gasteiger partial charge in [0.15, 0.2) is 0 Å². The number of hydrogen-bond acceptors (Lipinski definition) is 1. The zero-order valence-corrected chi connectivity index (χ0v) is 13.6. The zero-order chi connectivity index (χ0) is 16.1. The maximum atomic E-state index is 9.88. The highest BCUT2D eigenvalue weighted by molar-refractivity contribution is 5.75. The van der Waals surface area contributed by atoms with Gasteiger partial charge in [0.2, 0.25) is 0 Å². The van der Waals surface area contributed by atoms with Gasteiger partial charge in [0.05, 0.1) is 12.0 Å². The predicted molar refractivity (Wildman–Crippen MR) is 96.8 cm³/mol. The van der Waals surface area contributed by atoms with E-state index in [1.54, 1.807) is 0 Å². The van der Waals surface area contributed by atoms with Crippen molar-refractivity contribution >= 4 is 5.57 Å². The molecular weight excluding hydrogens is 280 g/mol. The number of rotatable bonds is 3. The molecule has 23 heavy (non-hydrogen) atoms. The quantitative estimate of drug-likeness (QED) is 0.635. The van der Waals surface area contributed by atoms with E-state index < -0.39 is 0 Å². The highest BCUT2D eigenvalue weighted by Crippen LogP contribution is 2.28. The molecule has 0 bridgehead atoms. The fourth-order valence-corrected chi connectivity index (χ4v) is 3.26. The van der Waals surface area contributed by atoms with Crippen molar-refractivity contribution in [2.24, 2.45) is 5.92 Å². The van der Waals surface area contributed by atoms with Crippen LogP contribution in [-0.2, 0) is 6.42 Å². The second kappa shape index (κ2) is 7.49. The van der Waals surface area contributed by atoms with E-state index in [2.05, 4.69) is 60.9 Å². The molecule has 1 N–H and O–H groups in total. The summed E-state index contributed by atoms with van der Waals surface area (Å²) in [6.45, 7) is 3.95. The maximum absolute atomic E-state index is 9.88. The summed E-state index contributed by atoms with van der Waals surface area (Å²) in [7, 11) is 0. The molecule has 2 aliphatic carbocycles. The van der Waals surface area contributed by atoms with E-state index in [1.165, 1.54) is 16.7 Å². The molecule has 0 aliphatic heterocycles. The first kappa shape index (κ1) is 15.8. The van der Waals surface area contributed by atoms with Gasteiger partial charge in [0.25, 0.3) is 0 Å². The third kappa shape index (κ3) is 4.24. The van der Waals surface area contributed by atoms with E-state index in [-0.39, 0.29) is 12.0 Å². The third-order valence-electron chi connectivity index (χ3n) is 4.55. The highest BCUT2D eigenvalue weighted by Gasteiger charge is 2.25. The molecule has 1 unspecified atom stereocenters. The molecule has 1 saturated carbocycles. The van der Waals surface area contributed by atoms with Crippen LogP contribution in [-0.4, -0.2) is 11.2 Å². The first-order valence-electron chi connectivity index (χ1n) is 8.51. The van der Waals surface area contributed by atoms with Crippen molar-refractivity contribution < 1.29 is 5.11 Å². The Labute approximate surface area is 139 Å². The molecule has 0 saturated heterocycles. The minimum absolute atomic E-state index is 0.0892. The number of allylic oxidation sites excluding steroid dienone is 4. The van der Waals surface area contributed by atoms with Gasteiger partial charge in [-0.25, -0.2) is 0 Å². The van der Waals surface area contributed by atoms with Crippen LogP contribution >= 0.6 is 0 Å². The summed E-state index contributed by atoms with van der Waals surface area (Å²) in [4.78, 5) is 0. The summed E-state index contributed by atoms with van der Waals surface area (Å²) in [6, 6.07) is 8.75. The van der Waals surface area contributed by atoms with Crippen molar-refractivity contribution in [1.82, 2.24) is 0 Å². The molecule has 2 atom stereocenters. The topological polar surface area (TPSA) is 20.2 Å². The van der Waals surface area contributed by atoms with Gasteiger partial charge >= 0.3 is 0 Å². The molecule has 0 aromatic heterocycles. The van der Waals surface area contributed by atoms with Crippen molar-refractivity contribution in [3.63, 3.8) is 0 Å². The van der Waals surface area contributed by atoms with E-state index >= 15 is 0 Å². The predicted octanol–water partition coefficient (Wildman–Crippen LogP) is 4.68. The van der Waals surface area contributed by atoms with Crippen LogP contribution in [0.3, 0.4) is 0 Å². The highest BCUT2D eigenvalue weighted by atomic mass is 16.3. The van der Waals surface area contributed by atoms with Gasteiger partial charge in [-0.2, -0.15) is 0 Å². The van der Waals surface area contributed by atoms with Crippen LogP contribution < -0.4 is 0 Å². The Hall–Kier alpha value is -2.04. The monoisotopic (exact) mass is 304 g/mol. The smallest absolute Gasteiger partial charge is 0.0717 e. The lowest BCUT2D eigenvalue weighted by Gasteiger charge is -2.08. The van der Waals surface area contributed by atoms with Gasteiger partial charge in [-0.1, -0.05) is 60.6 Å². The minimum atomic E-state index is -0.316. The van der Waals surface area contributed by atoms with Gasteiger partial charge in [-0.05, 0) is 48.8 Å². The van der Waals surface area contributed by atoms with Gasteiger partial charge in [-0.15, -0.1) is 5.92 Å². The second-order valence-corrected chi connectivity index (χ2v) is 6.49. The van der Waals surface area contributed by atoms with Crippen LogP contribution in [0.2, 0.25) is 0 Å². The first-order chi connectivity index (χ1) is 11.2. The average Bonchev–Trinajstić information content (AvgIpc) is 2.90. The molecule has 1 fully saturated rings. The molecule has 0 radical (unpaired) electrons. The van der Waals surface area contributed by atoms with Crippen molar-refractivity contribution in [3.05, 3.63) is 65.8 Å². The first-order valence-corrected chi connectivity index (χ1v) is 8.51. The van der Waals surface area contributed by atoms with E-state index in [0.29, 0.717) is 6.42 Å². The third-order valence-corrected chi connectivity index (χ3v) is 4.55. The summed E-state index contributed by atoms with van der Waals surface area (Å²) in [6.07, 6.45) is 12.1. The van der Waals surface area contributed by atoms with Crippen molar-refractivity contribution in [2.75, 3.05) is 0 Å². The number of aliphatic hydroxyl groups excluding tert-OH is 1. The Bertz CT molecular complexity index is 696. The van der Waals surface area contributed by atoms with Gasteiger partial charge in [-0.3, -0.25) is 0 Å². The van der Waals surface area contributed by atoms with Gasteiger partial charge in [0, 0.05) is 6.42 Å². The summed E-state index contributed by atoms with van der Waals surface area (Å²) in [5, 5.41) is 9.88. The van der Waals surface area contributed by atoms with Crippen LogP contribution in [0.5, 0.6) is 0 Å². The summed E-state index contributed by atoms with van der Waals surface area (Å²) < 4.78 is 0. The standard InChI is InChI=1S/C22H24O/c1-17-14-21(22(23)15-17)12-6-5-8-18-9-7-13-20(16-18)19-10-3-2-4-11-19/h3,7,9-11,13,16,21-23H,1-2,4-5,8,14-15H2/t21?,22-/m1/s1. The number of aliphatic hydroxyl groups is 1. The van der Waals surface area contributed by atoms with Crippen molar-refractivity contribution in [1.29, 1.82) is 0 Å². The zero-order valence-electron chi connectivity index (χ0n) is 13.6. The van der Waals surface area contributed by atoms with Crippen LogP contribution in [0, 0.1) is 17.8 Å². The largest absolute Gasteiger partial charge is 0.391 e. The van der Waals surface area contributed by atoms with Gasteiger partial charge in [0.1, 0.15) is 0 Å². The normalized spacial score (nSPS) is 23.3. The van der Waals surface area contributed by atoms with E-state index in [9.17, 15) is 5.11 Å². The summed E-state index contributed by atoms with van der Waals surface area (Å²) >= 11 is 0. The van der Waals surface area contributed by atoms with Crippen LogP contribution in [0.25, 0.3) is 5.57 Å². The SMILES string of the molecule is C=C1CC(C#CCCc2cccc(C3=CCCC=C3)c2)[C@H](O)C1. The molecule has 1 nitrogen and oxygen atoms in total. The molecule has 1 aromatic carbocycles. The average molecular weight is 304 g/mol. The van der Waals surface area contributed by atoms with E-state index in [1.807, 2.05) is 0 Å². The number of benzene rings is 1. The minimum Gasteiger partial charge on any atom is -0.391 e. The molecular formula is C22H24O. The lowest BCUT2D eigenvalue weighted by Crippen LogP contribution is -2.10. The van der Waals surface area contributed by atoms with E-state index in [4.69, 9.17) is 0 Å². The molecule has 0 spiro atoms. The van der Waals surface area contributed by atoms with Crippen molar-refractivity contribution in [2.45, 2.75) is 44.6 Å². The Kier molecular flexibility index (Phi) is 5.16. The van der Waals surface area contributed by atoms with Gasteiger partial charge < -0.3 is 5.11 Å². The number of hydrogen-bond donors (Lipinski definition) is 1. The Morgan fingerprint density at radius 1 is 1.22 bits per heavy atom. The molecule has 1 heteroatoms. The lowest BCUT2D eigenvalue weighted by molar-refractivity contribution is 0.158. The Morgan fingerprint density at radius 3 is 2.87 bits per heavy atom. The summed E-state index contributed by atoms with van der Waals surface area (Å²) in [5.74, 6) is 6.56. The van der Waals surface area contributed by atoms with Crippen LogP contribution in [0.1, 0.15) is 43.2 Å². The molecule has 118 valence electrons. The molecule has 0 heterocycles. The lowest BCUT2D eigenvalue weighted by atomic mass is 9.97. The fraction of sp³-hybridized carbons (Fsp3) is 0.364. The van der Waals surface area contributed by atoms with Crippen LogP contribution in [0.4, 0.5) is 0 Å². The van der Waals surface area contributed by atoms with E-state index in [0.717, 1.165) is 37.7 Å². The van der Waals surface area contributed by atoms with Crippen molar-refractivity contribution in [3.8, 4) is 11.8 Å². The summed E-state index contributed by atoms with van der Waals surface area (Å²) in [5.41, 5.74) is 5.08. The fourth-order valence-electron chi connectivity index (χ4n) is 3.26. The molecule has 3 rings (SSSR count). The Morgan fingerprint density at radius 2 is 2.13 bits per heavy atom. The molecule has 0 amide bonds. The van der Waals surface area contributed by atoms with Crippen LogP contribution in [0.15, 0.2) is 54.6 Å². The molecule has 2 aliphatic rings. The Balaban J connectivity index is 1.58. The molecule has 1 aromatic rings. The number of aryl methyl sites for hydroxylation is 1.